The highest BCUT2D eigenvalue weighted by molar-refractivity contribution is 5.02. The first-order valence-electron chi connectivity index (χ1n) is 9.40. The summed E-state index contributed by atoms with van der Waals surface area (Å²) < 4.78 is 5.66. The molecule has 2 aliphatic carbocycles. The number of ether oxygens (including phenoxy) is 1. The summed E-state index contributed by atoms with van der Waals surface area (Å²) in [5.41, 5.74) is 0.442. The van der Waals surface area contributed by atoms with Crippen molar-refractivity contribution in [2.45, 2.75) is 76.3 Å². The molecule has 3 fully saturated rings. The molecular weight excluding hydrogens is 260 g/mol. The van der Waals surface area contributed by atoms with Crippen molar-refractivity contribution >= 4 is 0 Å². The lowest BCUT2D eigenvalue weighted by molar-refractivity contribution is 0.0147. The van der Waals surface area contributed by atoms with Crippen molar-refractivity contribution in [1.82, 2.24) is 10.2 Å². The van der Waals surface area contributed by atoms with Gasteiger partial charge in [0.2, 0.25) is 0 Å². The van der Waals surface area contributed by atoms with E-state index in [-0.39, 0.29) is 0 Å². The van der Waals surface area contributed by atoms with E-state index in [1.54, 1.807) is 0 Å². The topological polar surface area (TPSA) is 24.5 Å². The van der Waals surface area contributed by atoms with E-state index in [1.807, 2.05) is 0 Å². The molecule has 3 heteroatoms. The summed E-state index contributed by atoms with van der Waals surface area (Å²) >= 11 is 0. The van der Waals surface area contributed by atoms with Gasteiger partial charge in [0.15, 0.2) is 0 Å². The molecule has 122 valence electrons. The van der Waals surface area contributed by atoms with E-state index in [1.165, 1.54) is 70.9 Å². The van der Waals surface area contributed by atoms with Gasteiger partial charge in [-0.3, -0.25) is 4.90 Å². The number of piperazine rings is 1. The molecule has 1 heterocycles. The predicted molar refractivity (Wildman–Crippen MR) is 87.6 cm³/mol. The lowest BCUT2D eigenvalue weighted by Crippen LogP contribution is -2.65. The summed E-state index contributed by atoms with van der Waals surface area (Å²) in [6, 6.07) is 0.761. The lowest BCUT2D eigenvalue weighted by Gasteiger charge is -2.49. The minimum absolute atomic E-state index is 0.442. The van der Waals surface area contributed by atoms with Gasteiger partial charge < -0.3 is 10.1 Å². The molecule has 1 saturated heterocycles. The van der Waals surface area contributed by atoms with E-state index < -0.39 is 0 Å². The Morgan fingerprint density at radius 3 is 2.57 bits per heavy atom. The Bertz CT molecular complexity index is 308. The molecule has 0 aromatic heterocycles. The second-order valence-electron chi connectivity index (χ2n) is 7.50. The molecule has 0 aromatic carbocycles. The van der Waals surface area contributed by atoms with Crippen LogP contribution in [0.15, 0.2) is 0 Å². The Morgan fingerprint density at radius 1 is 1.10 bits per heavy atom. The predicted octanol–water partition coefficient (Wildman–Crippen LogP) is 3.19. The summed E-state index contributed by atoms with van der Waals surface area (Å²) in [6.07, 6.45) is 12.9. The molecule has 3 aliphatic rings. The van der Waals surface area contributed by atoms with Crippen LogP contribution >= 0.6 is 0 Å². The minimum Gasteiger partial charge on any atom is -0.380 e. The van der Waals surface area contributed by atoms with Crippen LogP contribution in [0.2, 0.25) is 0 Å². The minimum atomic E-state index is 0.442. The van der Waals surface area contributed by atoms with Crippen molar-refractivity contribution in [2.24, 2.45) is 5.92 Å². The van der Waals surface area contributed by atoms with Crippen LogP contribution in [-0.4, -0.2) is 49.3 Å². The molecule has 1 unspecified atom stereocenters. The van der Waals surface area contributed by atoms with Crippen LogP contribution in [0.25, 0.3) is 0 Å². The molecule has 0 radical (unpaired) electrons. The number of hydrogen-bond donors (Lipinski definition) is 1. The summed E-state index contributed by atoms with van der Waals surface area (Å²) in [5.74, 6) is 0.923. The molecule has 1 atom stereocenters. The molecule has 0 bridgehead atoms. The lowest BCUT2D eigenvalue weighted by atomic mass is 9.80. The summed E-state index contributed by atoms with van der Waals surface area (Å²) in [6.45, 7) is 7.49. The highest BCUT2D eigenvalue weighted by atomic mass is 16.5. The van der Waals surface area contributed by atoms with E-state index >= 15 is 0 Å². The van der Waals surface area contributed by atoms with Crippen LogP contribution in [0.4, 0.5) is 0 Å². The maximum Gasteiger partial charge on any atom is 0.0593 e. The maximum atomic E-state index is 5.66. The van der Waals surface area contributed by atoms with Gasteiger partial charge in [-0.2, -0.15) is 0 Å². The average molecular weight is 294 g/mol. The van der Waals surface area contributed by atoms with Crippen molar-refractivity contribution in [3.63, 3.8) is 0 Å². The van der Waals surface area contributed by atoms with Gasteiger partial charge in [-0.1, -0.05) is 32.1 Å². The summed E-state index contributed by atoms with van der Waals surface area (Å²) in [4.78, 5) is 2.80. The van der Waals surface area contributed by atoms with Gasteiger partial charge in [-0.05, 0) is 38.5 Å². The van der Waals surface area contributed by atoms with Gasteiger partial charge in [0, 0.05) is 37.8 Å². The highest BCUT2D eigenvalue weighted by Crippen LogP contribution is 2.37. The molecule has 3 nitrogen and oxygen atoms in total. The highest BCUT2D eigenvalue weighted by Gasteiger charge is 2.42. The monoisotopic (exact) mass is 294 g/mol. The molecule has 0 amide bonds. The SMILES string of the molecule is CCOCCN1CC2(CCCC2)NCC1C1CCCCC1. The zero-order valence-electron chi connectivity index (χ0n) is 13.9. The quantitative estimate of drug-likeness (QED) is 0.788. The van der Waals surface area contributed by atoms with Crippen molar-refractivity contribution in [3.8, 4) is 0 Å². The second-order valence-corrected chi connectivity index (χ2v) is 7.50. The van der Waals surface area contributed by atoms with Crippen LogP contribution in [0.3, 0.4) is 0 Å². The molecule has 1 N–H and O–H groups in total. The first-order chi connectivity index (χ1) is 10.3. The van der Waals surface area contributed by atoms with Crippen LogP contribution in [0, 0.1) is 5.92 Å². The summed E-state index contributed by atoms with van der Waals surface area (Å²) in [5, 5.41) is 3.98. The normalized spacial score (nSPS) is 31.0. The Hall–Kier alpha value is -0.120. The molecule has 21 heavy (non-hydrogen) atoms. The molecule has 2 saturated carbocycles. The Kier molecular flexibility index (Phi) is 5.58. The Morgan fingerprint density at radius 2 is 1.86 bits per heavy atom. The third-order valence-corrected chi connectivity index (χ3v) is 6.14. The average Bonchev–Trinajstić information content (AvgIpc) is 2.97. The smallest absolute Gasteiger partial charge is 0.0593 e. The molecule has 3 rings (SSSR count). The van der Waals surface area contributed by atoms with Crippen molar-refractivity contribution in [3.05, 3.63) is 0 Å². The van der Waals surface area contributed by atoms with Gasteiger partial charge >= 0.3 is 0 Å². The van der Waals surface area contributed by atoms with E-state index in [0.717, 1.165) is 31.7 Å². The van der Waals surface area contributed by atoms with Gasteiger partial charge in [0.1, 0.15) is 0 Å². The standard InChI is InChI=1S/C18H34N2O/c1-2-21-13-12-20-15-18(10-6-7-11-18)19-14-17(20)16-8-4-3-5-9-16/h16-17,19H,2-15H2,1H3. The van der Waals surface area contributed by atoms with Gasteiger partial charge in [0.25, 0.3) is 0 Å². The zero-order valence-corrected chi connectivity index (χ0v) is 13.9. The van der Waals surface area contributed by atoms with Crippen LogP contribution < -0.4 is 5.32 Å². The molecule has 0 aromatic rings. The molecule has 1 aliphatic heterocycles. The maximum absolute atomic E-state index is 5.66. The number of nitrogens with zero attached hydrogens (tertiary/aromatic N) is 1. The third kappa shape index (κ3) is 3.80. The van der Waals surface area contributed by atoms with Gasteiger partial charge in [-0.25, -0.2) is 0 Å². The van der Waals surface area contributed by atoms with E-state index in [2.05, 4.69) is 17.1 Å². The largest absolute Gasteiger partial charge is 0.380 e. The Balaban J connectivity index is 1.62. The fraction of sp³-hybridized carbons (Fsp3) is 1.00. The fourth-order valence-corrected chi connectivity index (χ4v) is 4.95. The van der Waals surface area contributed by atoms with Crippen LogP contribution in [-0.2, 0) is 4.74 Å². The molecular formula is C18H34N2O. The Labute approximate surface area is 130 Å². The first kappa shape index (κ1) is 15.8. The van der Waals surface area contributed by atoms with Crippen molar-refractivity contribution in [1.29, 1.82) is 0 Å². The van der Waals surface area contributed by atoms with Gasteiger partial charge in [-0.15, -0.1) is 0 Å². The zero-order chi connectivity index (χ0) is 14.5. The number of hydrogen-bond acceptors (Lipinski definition) is 3. The van der Waals surface area contributed by atoms with Crippen LogP contribution in [0.5, 0.6) is 0 Å². The number of nitrogens with one attached hydrogen (secondary N) is 1. The fourth-order valence-electron chi connectivity index (χ4n) is 4.95. The second kappa shape index (κ2) is 7.43. The third-order valence-electron chi connectivity index (χ3n) is 6.14. The van der Waals surface area contributed by atoms with E-state index in [9.17, 15) is 0 Å². The first-order valence-corrected chi connectivity index (χ1v) is 9.40. The van der Waals surface area contributed by atoms with E-state index in [0.29, 0.717) is 5.54 Å². The van der Waals surface area contributed by atoms with Crippen LogP contribution in [0.1, 0.15) is 64.7 Å². The van der Waals surface area contributed by atoms with Gasteiger partial charge in [0.05, 0.1) is 6.61 Å². The number of rotatable bonds is 5. The molecule has 1 spiro atoms. The van der Waals surface area contributed by atoms with Crippen molar-refractivity contribution in [2.75, 3.05) is 32.8 Å². The van der Waals surface area contributed by atoms with Crippen molar-refractivity contribution < 1.29 is 4.74 Å². The summed E-state index contributed by atoms with van der Waals surface area (Å²) in [7, 11) is 0. The van der Waals surface area contributed by atoms with E-state index in [4.69, 9.17) is 4.74 Å².